The predicted molar refractivity (Wildman–Crippen MR) is 12.9 cm³/mol. The molecular weight excluding hydrogens is 101 g/mol. The Bertz CT molecular complexity index is 6.00. The Hall–Kier alpha value is 2.12. The van der Waals surface area contributed by atoms with E-state index in [0.29, 0.717) is 0 Å². The van der Waals surface area contributed by atoms with E-state index in [1.54, 1.807) is 0 Å². The van der Waals surface area contributed by atoms with Gasteiger partial charge in [-0.15, -0.1) is 0 Å². The van der Waals surface area contributed by atoms with E-state index < -0.39 is 0 Å². The van der Waals surface area contributed by atoms with Crippen LogP contribution in [0.4, 0.5) is 0 Å². The fourth-order valence-electron chi connectivity index (χ4n) is 0. The van der Waals surface area contributed by atoms with Crippen LogP contribution in [0.5, 0.6) is 0 Å². The molecule has 0 atom stereocenters. The van der Waals surface area contributed by atoms with E-state index in [2.05, 4.69) is 0 Å². The van der Waals surface area contributed by atoms with Gasteiger partial charge in [-0.05, 0) is 0 Å². The summed E-state index contributed by atoms with van der Waals surface area (Å²) in [5.74, 6) is 0. The first kappa shape index (κ1) is 35.7. The van der Waals surface area contributed by atoms with Gasteiger partial charge in [0.05, 0.1) is 0 Å². The molecule has 0 saturated heterocycles. The first-order chi connectivity index (χ1) is 0. The second-order valence-corrected chi connectivity index (χ2v) is 0. The van der Waals surface area contributed by atoms with Crippen molar-refractivity contribution in [3.8, 4) is 0 Å². The average molecular weight is 102 g/mol. The summed E-state index contributed by atoms with van der Waals surface area (Å²) < 4.78 is 0. The number of hydrogen-bond donors (Lipinski definition) is 0. The van der Waals surface area contributed by atoms with Crippen LogP contribution in [0.3, 0.4) is 0 Å². The van der Waals surface area contributed by atoms with E-state index >= 15 is 0 Å². The van der Waals surface area contributed by atoms with Gasteiger partial charge in [-0.2, -0.15) is 0 Å². The summed E-state index contributed by atoms with van der Waals surface area (Å²) in [6.07, 6.45) is 0. The Morgan fingerprint density at radius 1 is 0.750 bits per heavy atom. The zero-order valence-corrected chi connectivity index (χ0v) is 3.67. The zero-order chi connectivity index (χ0) is 0. The second-order valence-electron chi connectivity index (χ2n) is 0. The molecule has 0 aliphatic carbocycles. The third-order valence-electron chi connectivity index (χ3n) is 0. The van der Waals surface area contributed by atoms with Crippen molar-refractivity contribution in [1.29, 1.82) is 0 Å². The maximum absolute atomic E-state index is 0. The Labute approximate surface area is 75.4 Å². The molecule has 0 aliphatic rings. The van der Waals surface area contributed by atoms with Gasteiger partial charge in [-0.25, -0.2) is 0 Å². The topological polar surface area (TPSA) is 0 Å². The van der Waals surface area contributed by atoms with Crippen LogP contribution in [0.1, 0.15) is 0 Å². The van der Waals surface area contributed by atoms with Crippen LogP contribution in [0, 0.1) is 0 Å². The molecule has 0 unspecified atom stereocenters. The van der Waals surface area contributed by atoms with Crippen LogP contribution in [-0.4, -0.2) is 67.3 Å². The first-order valence-electron chi connectivity index (χ1n) is 0. The molecule has 0 radical (unpaired) electrons. The molecule has 0 saturated carbocycles. The molecule has 4 heteroatoms. The van der Waals surface area contributed by atoms with Crippen LogP contribution >= 0.6 is 0 Å². The fourth-order valence-corrected chi connectivity index (χ4v) is 0. The van der Waals surface area contributed by atoms with Crippen LogP contribution in [0.15, 0.2) is 0 Å². The summed E-state index contributed by atoms with van der Waals surface area (Å²) in [5.41, 5.74) is 0. The summed E-state index contributed by atoms with van der Waals surface area (Å²) >= 11 is 0. The maximum atomic E-state index is 0. The van der Waals surface area contributed by atoms with Gasteiger partial charge < -0.3 is 9.41 Å². The summed E-state index contributed by atoms with van der Waals surface area (Å²) in [4.78, 5) is 0. The summed E-state index contributed by atoms with van der Waals surface area (Å²) in [6.45, 7) is 0. The molecule has 4 heavy (non-hydrogen) atoms. The van der Waals surface area contributed by atoms with E-state index in [1.165, 1.54) is 0 Å². The molecule has 0 aromatic heterocycles. The molecule has 0 aliphatic heterocycles. The van der Waals surface area contributed by atoms with E-state index in [-0.39, 0.29) is 76.7 Å². The van der Waals surface area contributed by atoms with E-state index in [4.69, 9.17) is 0 Å². The van der Waals surface area contributed by atoms with Gasteiger partial charge in [0.25, 0.3) is 0 Å². The van der Waals surface area contributed by atoms with Crippen molar-refractivity contribution in [2.24, 2.45) is 0 Å². The molecule has 0 nitrogen and oxygen atoms in total. The van der Waals surface area contributed by atoms with Crippen LogP contribution in [0.25, 0.3) is 0 Å². The monoisotopic (exact) mass is 102 g/mol. The van der Waals surface area contributed by atoms with Gasteiger partial charge in [-0.3, -0.25) is 0 Å². The van der Waals surface area contributed by atoms with E-state index in [9.17, 15) is 0 Å². The van der Waals surface area contributed by atoms with Crippen molar-refractivity contribution in [2.75, 3.05) is 0 Å². The van der Waals surface area contributed by atoms with Crippen molar-refractivity contribution in [3.63, 3.8) is 0 Å². The third-order valence-corrected chi connectivity index (χ3v) is 0. The molecule has 18 valence electrons. The number of rotatable bonds is 0. The summed E-state index contributed by atoms with van der Waals surface area (Å²) in [7, 11) is 0. The Kier molecular flexibility index (Phi) is 173. The predicted octanol–water partition coefficient (Wildman–Crippen LogP) is -7.02. The second kappa shape index (κ2) is 19.3. The van der Waals surface area contributed by atoms with Crippen LogP contribution in [0.2, 0.25) is 0 Å². The van der Waals surface area contributed by atoms with Gasteiger partial charge >= 0.3 is 67.3 Å². The molecule has 0 rings (SSSR count). The van der Waals surface area contributed by atoms with Crippen molar-refractivity contribution in [1.82, 2.24) is 0 Å². The minimum absolute atomic E-state index is 0. The van der Waals surface area contributed by atoms with Gasteiger partial charge in [0.15, 0.2) is 0 Å². The molecule has 0 heterocycles. The molecule has 0 amide bonds. The summed E-state index contributed by atoms with van der Waals surface area (Å²) in [6, 6.07) is 0. The van der Waals surface area contributed by atoms with Crippen LogP contribution in [-0.2, 0) is 0 Å². The Morgan fingerprint density at radius 2 is 0.750 bits per heavy atom. The zero-order valence-electron chi connectivity index (χ0n) is 1.46. The van der Waals surface area contributed by atoms with E-state index in [1.807, 2.05) is 0 Å². The normalized spacial score (nSPS) is 0. The van der Waals surface area contributed by atoms with Gasteiger partial charge in [0, 0.05) is 0 Å². The van der Waals surface area contributed by atoms with Crippen molar-refractivity contribution < 1.29 is 9.41 Å². The quantitative estimate of drug-likeness (QED) is 0.267. The number of halogens is 2. The summed E-state index contributed by atoms with van der Waals surface area (Å²) in [5, 5.41) is 0. The first-order valence-corrected chi connectivity index (χ1v) is 0. The van der Waals surface area contributed by atoms with Crippen molar-refractivity contribution in [3.05, 3.63) is 0 Å². The number of hydrogen-bond acceptors (Lipinski definition) is 0. The molecule has 0 spiro atoms. The molecule has 0 fully saturated rings. The molecule has 0 aromatic carbocycles. The fraction of sp³-hybridized carbons (Fsp3) is 0. The Morgan fingerprint density at radius 3 is 0.750 bits per heavy atom. The minimum atomic E-state index is 0. The molecule has 0 aromatic rings. The SMILES string of the molecule is [Ca+2].[F-].[F-].[NaH]. The molecule has 0 bridgehead atoms. The molecule has 0 N–H and O–H groups in total. The third kappa shape index (κ3) is 8.92. The van der Waals surface area contributed by atoms with Gasteiger partial charge in [0.1, 0.15) is 0 Å². The van der Waals surface area contributed by atoms with Gasteiger partial charge in [-0.1, -0.05) is 0 Å². The van der Waals surface area contributed by atoms with Crippen molar-refractivity contribution in [2.45, 2.75) is 0 Å². The van der Waals surface area contributed by atoms with Crippen molar-refractivity contribution >= 4 is 67.3 Å². The Balaban J connectivity index is 0. The average Bonchev–Trinajstić information content (AvgIpc) is 0. The van der Waals surface area contributed by atoms with Gasteiger partial charge in [0.2, 0.25) is 0 Å². The van der Waals surface area contributed by atoms with Crippen LogP contribution < -0.4 is 9.41 Å². The van der Waals surface area contributed by atoms with E-state index in [0.717, 1.165) is 0 Å². The standard InChI is InChI=1S/Ca.2FH.Na.H/h;2*1H;;/q+2;;;;/p-2. The molecular formula is HCaF2Na.